The summed E-state index contributed by atoms with van der Waals surface area (Å²) in [5, 5.41) is 12.0. The number of allylic oxidation sites excluding steroid dienone is 1. The van der Waals surface area contributed by atoms with Crippen LogP contribution in [0.3, 0.4) is 0 Å². The van der Waals surface area contributed by atoms with E-state index in [1.807, 2.05) is 44.2 Å². The van der Waals surface area contributed by atoms with Crippen LogP contribution in [0, 0.1) is 17.8 Å². The van der Waals surface area contributed by atoms with Crippen molar-refractivity contribution in [1.29, 1.82) is 0 Å². The van der Waals surface area contributed by atoms with Crippen LogP contribution in [0.1, 0.15) is 38.7 Å². The summed E-state index contributed by atoms with van der Waals surface area (Å²) in [7, 11) is 0. The van der Waals surface area contributed by atoms with Gasteiger partial charge in [-0.05, 0) is 24.3 Å². The van der Waals surface area contributed by atoms with Crippen LogP contribution in [-0.2, 0) is 30.3 Å². The summed E-state index contributed by atoms with van der Waals surface area (Å²) in [6, 6.07) is 8.42. The second kappa shape index (κ2) is 13.0. The third kappa shape index (κ3) is 7.76. The number of hydrogen-bond donors (Lipinski definition) is 3. The van der Waals surface area contributed by atoms with E-state index in [-0.39, 0.29) is 24.9 Å². The zero-order valence-corrected chi connectivity index (χ0v) is 18.8. The quantitative estimate of drug-likeness (QED) is 0.197. The maximum absolute atomic E-state index is 13.3. The van der Waals surface area contributed by atoms with E-state index in [0.29, 0.717) is 26.1 Å². The molecule has 1 aromatic rings. The molecule has 0 spiro atoms. The fourth-order valence-electron chi connectivity index (χ4n) is 3.85. The Morgan fingerprint density at radius 1 is 1.22 bits per heavy atom. The highest BCUT2D eigenvalue weighted by molar-refractivity contribution is 5.90. The summed E-state index contributed by atoms with van der Waals surface area (Å²) in [4.78, 5) is 38.5. The number of hydroxylamine groups is 1. The highest BCUT2D eigenvalue weighted by atomic mass is 16.6. The molecule has 1 fully saturated rings. The van der Waals surface area contributed by atoms with Crippen molar-refractivity contribution < 1.29 is 29.1 Å². The molecule has 2 amide bonds. The molecule has 4 atom stereocenters. The molecule has 1 aliphatic rings. The fourth-order valence-corrected chi connectivity index (χ4v) is 3.85. The topological polar surface area (TPSA) is 114 Å². The van der Waals surface area contributed by atoms with Gasteiger partial charge in [0, 0.05) is 12.8 Å². The van der Waals surface area contributed by atoms with Gasteiger partial charge in [0.15, 0.2) is 0 Å². The van der Waals surface area contributed by atoms with E-state index in [0.717, 1.165) is 5.56 Å². The van der Waals surface area contributed by atoms with Crippen LogP contribution in [0.4, 0.5) is 0 Å². The Bertz CT molecular complexity index is 761. The minimum atomic E-state index is -0.915. The van der Waals surface area contributed by atoms with Crippen LogP contribution in [-0.4, -0.2) is 48.4 Å². The standard InChI is InChI=1S/C24H34N2O6/c1-4-8-19(23(28)26-30)20(13-16(2)3)22(27)25-21(14-17-9-6-5-7-10-17)24(29)32-18-11-12-31-15-18/h4-7,9-10,16,18-21,30H,1,8,11-15H2,2-3H3,(H,25,27)(H,26,28)/t18?,19-,20+,21-/m0/s1. The first-order valence-electron chi connectivity index (χ1n) is 11.0. The molecule has 1 aromatic carbocycles. The Hall–Kier alpha value is -2.71. The van der Waals surface area contributed by atoms with Gasteiger partial charge >= 0.3 is 5.97 Å². The second-order valence-electron chi connectivity index (χ2n) is 8.52. The van der Waals surface area contributed by atoms with Gasteiger partial charge in [0.25, 0.3) is 0 Å². The predicted octanol–water partition coefficient (Wildman–Crippen LogP) is 2.41. The molecule has 0 aromatic heterocycles. The Balaban J connectivity index is 2.23. The van der Waals surface area contributed by atoms with Gasteiger partial charge in [0.1, 0.15) is 12.1 Å². The van der Waals surface area contributed by atoms with Crippen molar-refractivity contribution in [3.63, 3.8) is 0 Å². The SMILES string of the molecule is C=CC[C@H](C(=O)NO)[C@@H](CC(C)C)C(=O)N[C@@H](Cc1ccccc1)C(=O)OC1CCOC1. The van der Waals surface area contributed by atoms with Crippen molar-refractivity contribution in [1.82, 2.24) is 10.8 Å². The number of carbonyl (C=O) groups is 3. The summed E-state index contributed by atoms with van der Waals surface area (Å²) < 4.78 is 10.8. The molecular formula is C24H34N2O6. The molecule has 1 heterocycles. The zero-order valence-electron chi connectivity index (χ0n) is 18.8. The second-order valence-corrected chi connectivity index (χ2v) is 8.52. The molecule has 0 saturated carbocycles. The van der Waals surface area contributed by atoms with E-state index in [9.17, 15) is 14.4 Å². The Morgan fingerprint density at radius 2 is 1.94 bits per heavy atom. The van der Waals surface area contributed by atoms with Crippen LogP contribution in [0.2, 0.25) is 0 Å². The van der Waals surface area contributed by atoms with Crippen LogP contribution in [0.15, 0.2) is 43.0 Å². The van der Waals surface area contributed by atoms with Crippen LogP contribution >= 0.6 is 0 Å². The number of nitrogens with one attached hydrogen (secondary N) is 2. The maximum atomic E-state index is 13.3. The minimum Gasteiger partial charge on any atom is -0.458 e. The number of rotatable bonds is 12. The monoisotopic (exact) mass is 446 g/mol. The lowest BCUT2D eigenvalue weighted by atomic mass is 9.82. The van der Waals surface area contributed by atoms with Gasteiger partial charge in [0.2, 0.25) is 11.8 Å². The van der Waals surface area contributed by atoms with Gasteiger partial charge in [0.05, 0.1) is 25.0 Å². The van der Waals surface area contributed by atoms with E-state index in [2.05, 4.69) is 11.9 Å². The van der Waals surface area contributed by atoms with E-state index >= 15 is 0 Å². The van der Waals surface area contributed by atoms with E-state index in [1.165, 1.54) is 6.08 Å². The van der Waals surface area contributed by atoms with Crippen LogP contribution in [0.5, 0.6) is 0 Å². The Kier molecular flexibility index (Phi) is 10.4. The molecule has 0 aliphatic carbocycles. The summed E-state index contributed by atoms with van der Waals surface area (Å²) >= 11 is 0. The molecule has 0 bridgehead atoms. The largest absolute Gasteiger partial charge is 0.458 e. The van der Waals surface area contributed by atoms with Crippen molar-refractivity contribution in [3.05, 3.63) is 48.6 Å². The number of amides is 2. The fraction of sp³-hybridized carbons (Fsp3) is 0.542. The van der Waals surface area contributed by atoms with Crippen LogP contribution in [0.25, 0.3) is 0 Å². The average Bonchev–Trinajstić information content (AvgIpc) is 3.28. The molecule has 1 aliphatic heterocycles. The van der Waals surface area contributed by atoms with Crippen molar-refractivity contribution in [2.24, 2.45) is 17.8 Å². The lowest BCUT2D eigenvalue weighted by Crippen LogP contribution is -2.49. The van der Waals surface area contributed by atoms with Crippen molar-refractivity contribution in [2.45, 2.75) is 51.7 Å². The van der Waals surface area contributed by atoms with Gasteiger partial charge in [-0.25, -0.2) is 10.3 Å². The third-order valence-electron chi connectivity index (χ3n) is 5.47. The van der Waals surface area contributed by atoms with Gasteiger partial charge < -0.3 is 14.8 Å². The molecule has 176 valence electrons. The molecule has 2 rings (SSSR count). The molecule has 8 nitrogen and oxygen atoms in total. The Labute approximate surface area is 189 Å². The molecule has 1 unspecified atom stereocenters. The lowest BCUT2D eigenvalue weighted by molar-refractivity contribution is -0.153. The van der Waals surface area contributed by atoms with Crippen LogP contribution < -0.4 is 10.8 Å². The first kappa shape index (κ1) is 25.5. The highest BCUT2D eigenvalue weighted by Crippen LogP contribution is 2.25. The first-order chi connectivity index (χ1) is 15.3. The molecule has 0 radical (unpaired) electrons. The van der Waals surface area contributed by atoms with Crippen molar-refractivity contribution >= 4 is 17.8 Å². The van der Waals surface area contributed by atoms with Gasteiger partial charge in [-0.15, -0.1) is 6.58 Å². The summed E-state index contributed by atoms with van der Waals surface area (Å²) in [5.41, 5.74) is 2.52. The number of carbonyl (C=O) groups excluding carboxylic acids is 3. The number of benzene rings is 1. The summed E-state index contributed by atoms with van der Waals surface area (Å²) in [6.07, 6.45) is 2.69. The van der Waals surface area contributed by atoms with Gasteiger partial charge in [-0.2, -0.15) is 0 Å². The van der Waals surface area contributed by atoms with Gasteiger partial charge in [-0.3, -0.25) is 14.8 Å². The number of ether oxygens (including phenoxy) is 2. The normalized spacial score (nSPS) is 18.4. The van der Waals surface area contributed by atoms with Crippen molar-refractivity contribution in [3.8, 4) is 0 Å². The summed E-state index contributed by atoms with van der Waals surface area (Å²) in [5.74, 6) is -3.07. The predicted molar refractivity (Wildman–Crippen MR) is 119 cm³/mol. The first-order valence-corrected chi connectivity index (χ1v) is 11.0. The minimum absolute atomic E-state index is 0.111. The van der Waals surface area contributed by atoms with Crippen molar-refractivity contribution in [2.75, 3.05) is 13.2 Å². The number of hydrogen-bond acceptors (Lipinski definition) is 6. The summed E-state index contributed by atoms with van der Waals surface area (Å²) in [6.45, 7) is 8.42. The highest BCUT2D eigenvalue weighted by Gasteiger charge is 2.36. The molecule has 32 heavy (non-hydrogen) atoms. The molecular weight excluding hydrogens is 412 g/mol. The molecule has 3 N–H and O–H groups in total. The lowest BCUT2D eigenvalue weighted by Gasteiger charge is -2.28. The van der Waals surface area contributed by atoms with E-state index < -0.39 is 35.7 Å². The average molecular weight is 447 g/mol. The molecule has 8 heteroatoms. The number of esters is 1. The molecule has 1 saturated heterocycles. The smallest absolute Gasteiger partial charge is 0.329 e. The zero-order chi connectivity index (χ0) is 23.5. The Morgan fingerprint density at radius 3 is 2.50 bits per heavy atom. The maximum Gasteiger partial charge on any atom is 0.329 e. The van der Waals surface area contributed by atoms with Gasteiger partial charge in [-0.1, -0.05) is 50.3 Å². The van der Waals surface area contributed by atoms with E-state index in [1.54, 1.807) is 5.48 Å². The van der Waals surface area contributed by atoms with E-state index in [4.69, 9.17) is 14.7 Å². The third-order valence-corrected chi connectivity index (χ3v) is 5.47.